The van der Waals surface area contributed by atoms with E-state index in [0.29, 0.717) is 18.0 Å². The minimum atomic E-state index is 0.0351. The molecule has 0 unspecified atom stereocenters. The van der Waals surface area contributed by atoms with E-state index in [1.807, 2.05) is 42.5 Å². The van der Waals surface area contributed by atoms with Gasteiger partial charge in [-0.1, -0.05) is 60.3 Å². The molecule has 3 aromatic heterocycles. The van der Waals surface area contributed by atoms with Gasteiger partial charge in [-0.2, -0.15) is 0 Å². The van der Waals surface area contributed by atoms with Crippen molar-refractivity contribution in [3.8, 4) is 22.6 Å². The van der Waals surface area contributed by atoms with Gasteiger partial charge in [0.05, 0.1) is 22.7 Å². The van der Waals surface area contributed by atoms with E-state index < -0.39 is 0 Å². The zero-order chi connectivity index (χ0) is 21.9. The number of aromatic amines is 1. The first kappa shape index (κ1) is 20.2. The summed E-state index contributed by atoms with van der Waals surface area (Å²) >= 11 is 1.40. The SMILES string of the molecule is CCn1c(SCC(=O)c2ccc[nH]2)nnc1-c1cc(-c2ccccc2)nc2ccccc12. The Morgan fingerprint density at radius 2 is 1.81 bits per heavy atom. The van der Waals surface area contributed by atoms with E-state index in [1.54, 1.807) is 12.3 Å². The molecule has 0 aliphatic carbocycles. The quantitative estimate of drug-likeness (QED) is 0.268. The molecular weight excluding hydrogens is 418 g/mol. The van der Waals surface area contributed by atoms with Crippen LogP contribution in [0.3, 0.4) is 0 Å². The van der Waals surface area contributed by atoms with E-state index in [0.717, 1.165) is 38.7 Å². The summed E-state index contributed by atoms with van der Waals surface area (Å²) in [5, 5.41) is 10.7. The fraction of sp³-hybridized carbons (Fsp3) is 0.120. The summed E-state index contributed by atoms with van der Waals surface area (Å²) in [7, 11) is 0. The van der Waals surface area contributed by atoms with Gasteiger partial charge >= 0.3 is 0 Å². The molecule has 0 bridgehead atoms. The van der Waals surface area contributed by atoms with Crippen molar-refractivity contribution in [2.45, 2.75) is 18.6 Å². The highest BCUT2D eigenvalue weighted by Gasteiger charge is 2.18. The van der Waals surface area contributed by atoms with E-state index in [-0.39, 0.29) is 5.78 Å². The van der Waals surface area contributed by atoms with Gasteiger partial charge in [-0.15, -0.1) is 10.2 Å². The Balaban J connectivity index is 1.56. The fourth-order valence-electron chi connectivity index (χ4n) is 3.71. The fourth-order valence-corrected chi connectivity index (χ4v) is 4.59. The zero-order valence-corrected chi connectivity index (χ0v) is 18.3. The van der Waals surface area contributed by atoms with Crippen LogP contribution in [0.15, 0.2) is 84.1 Å². The second-order valence-electron chi connectivity index (χ2n) is 7.28. The van der Waals surface area contributed by atoms with Crippen molar-refractivity contribution in [1.29, 1.82) is 0 Å². The predicted octanol–water partition coefficient (Wildman–Crippen LogP) is 5.48. The van der Waals surface area contributed by atoms with Crippen LogP contribution in [-0.4, -0.2) is 36.3 Å². The van der Waals surface area contributed by atoms with Crippen LogP contribution in [0, 0.1) is 0 Å². The maximum absolute atomic E-state index is 12.4. The van der Waals surface area contributed by atoms with Crippen molar-refractivity contribution in [2.24, 2.45) is 0 Å². The second-order valence-corrected chi connectivity index (χ2v) is 8.23. The molecule has 3 heterocycles. The minimum Gasteiger partial charge on any atom is -0.359 e. The number of carbonyl (C=O) groups excluding carboxylic acids is 1. The number of hydrogen-bond donors (Lipinski definition) is 1. The van der Waals surface area contributed by atoms with Crippen LogP contribution < -0.4 is 0 Å². The minimum absolute atomic E-state index is 0.0351. The normalized spacial score (nSPS) is 11.2. The van der Waals surface area contributed by atoms with E-state index in [1.165, 1.54) is 11.8 Å². The number of thioether (sulfide) groups is 1. The summed E-state index contributed by atoms with van der Waals surface area (Å²) in [6.45, 7) is 2.75. The van der Waals surface area contributed by atoms with Gasteiger partial charge in [-0.25, -0.2) is 4.98 Å². The third kappa shape index (κ3) is 3.83. The molecule has 158 valence electrons. The Morgan fingerprint density at radius 3 is 2.59 bits per heavy atom. The third-order valence-electron chi connectivity index (χ3n) is 5.29. The summed E-state index contributed by atoms with van der Waals surface area (Å²) in [4.78, 5) is 20.2. The number of benzene rings is 2. The molecule has 0 spiro atoms. The van der Waals surface area contributed by atoms with E-state index in [2.05, 4.69) is 50.9 Å². The number of fused-ring (bicyclic) bond motifs is 1. The first-order valence-electron chi connectivity index (χ1n) is 10.4. The molecule has 1 N–H and O–H groups in total. The maximum atomic E-state index is 12.4. The van der Waals surface area contributed by atoms with Gasteiger partial charge < -0.3 is 9.55 Å². The Hall–Kier alpha value is -3.71. The number of Topliss-reactive ketones (excluding diaryl/α,β-unsaturated/α-hetero) is 1. The summed E-state index contributed by atoms with van der Waals surface area (Å²) < 4.78 is 2.06. The van der Waals surface area contributed by atoms with Gasteiger partial charge in [0.15, 0.2) is 16.8 Å². The number of para-hydroxylation sites is 1. The van der Waals surface area contributed by atoms with Crippen molar-refractivity contribution >= 4 is 28.4 Å². The lowest BCUT2D eigenvalue weighted by Crippen LogP contribution is -2.05. The highest BCUT2D eigenvalue weighted by atomic mass is 32.2. The van der Waals surface area contributed by atoms with Crippen LogP contribution in [0.4, 0.5) is 0 Å². The number of pyridine rings is 1. The first-order valence-corrected chi connectivity index (χ1v) is 11.4. The third-order valence-corrected chi connectivity index (χ3v) is 6.26. The molecule has 2 aromatic carbocycles. The molecule has 6 nitrogen and oxygen atoms in total. The lowest BCUT2D eigenvalue weighted by atomic mass is 10.0. The van der Waals surface area contributed by atoms with Gasteiger partial charge in [0.2, 0.25) is 0 Å². The molecule has 32 heavy (non-hydrogen) atoms. The molecule has 0 atom stereocenters. The molecule has 0 radical (unpaired) electrons. The Bertz CT molecular complexity index is 1380. The first-order chi connectivity index (χ1) is 15.7. The van der Waals surface area contributed by atoms with Crippen LogP contribution in [0.5, 0.6) is 0 Å². The highest BCUT2D eigenvalue weighted by molar-refractivity contribution is 7.99. The van der Waals surface area contributed by atoms with Crippen LogP contribution in [0.2, 0.25) is 0 Å². The van der Waals surface area contributed by atoms with Gasteiger partial charge in [0.1, 0.15) is 0 Å². The van der Waals surface area contributed by atoms with E-state index >= 15 is 0 Å². The molecule has 0 aliphatic rings. The van der Waals surface area contributed by atoms with E-state index in [4.69, 9.17) is 4.98 Å². The summed E-state index contributed by atoms with van der Waals surface area (Å²) in [6, 6.07) is 23.9. The van der Waals surface area contributed by atoms with Gasteiger partial charge in [-0.3, -0.25) is 4.79 Å². The monoisotopic (exact) mass is 439 g/mol. The summed E-state index contributed by atoms with van der Waals surface area (Å²) in [5.41, 5.74) is 4.43. The van der Waals surface area contributed by atoms with Crippen molar-refractivity contribution in [1.82, 2.24) is 24.7 Å². The Morgan fingerprint density at radius 1 is 1.00 bits per heavy atom. The average Bonchev–Trinajstić information content (AvgIpc) is 3.52. The standard InChI is InChI=1S/C25H21N5OS/c1-2-30-24(28-29-25(30)32-16-23(31)21-13-8-14-26-21)19-15-22(17-9-4-3-5-10-17)27-20-12-7-6-11-18(19)20/h3-15,26H,2,16H2,1H3. The number of aromatic nitrogens is 5. The molecule has 0 saturated carbocycles. The van der Waals surface area contributed by atoms with Crippen LogP contribution in [-0.2, 0) is 6.54 Å². The number of rotatable bonds is 7. The van der Waals surface area contributed by atoms with Gasteiger partial charge in [0, 0.05) is 29.3 Å². The topological polar surface area (TPSA) is 76.5 Å². The van der Waals surface area contributed by atoms with Gasteiger partial charge in [-0.05, 0) is 31.2 Å². The lowest BCUT2D eigenvalue weighted by Gasteiger charge is -2.11. The van der Waals surface area contributed by atoms with Crippen LogP contribution >= 0.6 is 11.8 Å². The number of H-pyrrole nitrogens is 1. The molecular formula is C25H21N5OS. The Kier molecular flexibility index (Phi) is 5.56. The van der Waals surface area contributed by atoms with Gasteiger partial charge in [0.25, 0.3) is 0 Å². The lowest BCUT2D eigenvalue weighted by molar-refractivity contribution is 0.101. The zero-order valence-electron chi connectivity index (χ0n) is 17.5. The van der Waals surface area contributed by atoms with Crippen molar-refractivity contribution in [3.05, 3.63) is 84.7 Å². The molecule has 0 fully saturated rings. The summed E-state index contributed by atoms with van der Waals surface area (Å²) in [6.07, 6.45) is 1.75. The molecule has 0 saturated heterocycles. The van der Waals surface area contributed by atoms with Crippen molar-refractivity contribution in [2.75, 3.05) is 5.75 Å². The van der Waals surface area contributed by atoms with Crippen LogP contribution in [0.1, 0.15) is 17.4 Å². The molecule has 0 aliphatic heterocycles. The van der Waals surface area contributed by atoms with Crippen LogP contribution in [0.25, 0.3) is 33.5 Å². The second kappa shape index (κ2) is 8.80. The number of hydrogen-bond acceptors (Lipinski definition) is 5. The highest BCUT2D eigenvalue weighted by Crippen LogP contribution is 2.33. The number of nitrogens with one attached hydrogen (secondary N) is 1. The Labute approximate surface area is 189 Å². The largest absolute Gasteiger partial charge is 0.359 e. The molecule has 5 rings (SSSR count). The maximum Gasteiger partial charge on any atom is 0.191 e. The number of carbonyl (C=O) groups is 1. The molecule has 0 amide bonds. The van der Waals surface area contributed by atoms with Crippen molar-refractivity contribution < 1.29 is 4.79 Å². The smallest absolute Gasteiger partial charge is 0.191 e. The molecule has 7 heteroatoms. The number of ketones is 1. The molecule has 5 aromatic rings. The van der Waals surface area contributed by atoms with Crippen molar-refractivity contribution in [3.63, 3.8) is 0 Å². The summed E-state index contributed by atoms with van der Waals surface area (Å²) in [5.74, 6) is 1.11. The average molecular weight is 440 g/mol. The predicted molar refractivity (Wildman–Crippen MR) is 128 cm³/mol. The van der Waals surface area contributed by atoms with E-state index in [9.17, 15) is 4.79 Å². The number of nitrogens with zero attached hydrogens (tertiary/aromatic N) is 4.